The van der Waals surface area contributed by atoms with Crippen molar-refractivity contribution in [3.63, 3.8) is 0 Å². The molecule has 1 atom stereocenters. The SMILES string of the molecule is O=C(NCCCN1CCO[C@H](c2ccccc2)C1)c1ccc(Cl)c(Cl)c1. The summed E-state index contributed by atoms with van der Waals surface area (Å²) in [6.07, 6.45) is 1.00. The summed E-state index contributed by atoms with van der Waals surface area (Å²) in [5.74, 6) is -0.132. The van der Waals surface area contributed by atoms with Crippen LogP contribution >= 0.6 is 23.2 Å². The third-order valence-electron chi connectivity index (χ3n) is 4.44. The van der Waals surface area contributed by atoms with Gasteiger partial charge in [0.05, 0.1) is 22.8 Å². The molecule has 138 valence electrons. The van der Waals surface area contributed by atoms with E-state index in [0.717, 1.165) is 32.7 Å². The summed E-state index contributed by atoms with van der Waals surface area (Å²) >= 11 is 11.8. The lowest BCUT2D eigenvalue weighted by molar-refractivity contribution is -0.0301. The molecule has 0 radical (unpaired) electrons. The van der Waals surface area contributed by atoms with Crippen molar-refractivity contribution in [3.8, 4) is 0 Å². The molecular weight excluding hydrogens is 371 g/mol. The summed E-state index contributed by atoms with van der Waals surface area (Å²) in [4.78, 5) is 14.5. The number of nitrogens with zero attached hydrogens (tertiary/aromatic N) is 1. The fourth-order valence-electron chi connectivity index (χ4n) is 3.02. The molecule has 1 heterocycles. The molecule has 0 bridgehead atoms. The standard InChI is InChI=1S/C20H22Cl2N2O2/c21-17-8-7-16(13-18(17)22)20(25)23-9-4-10-24-11-12-26-19(14-24)15-5-2-1-3-6-15/h1-3,5-8,13,19H,4,9-12,14H2,(H,23,25)/t19-/m0/s1. The van der Waals surface area contributed by atoms with Crippen LogP contribution in [0.2, 0.25) is 10.0 Å². The van der Waals surface area contributed by atoms with Crippen LogP contribution in [0.4, 0.5) is 0 Å². The highest BCUT2D eigenvalue weighted by molar-refractivity contribution is 6.42. The van der Waals surface area contributed by atoms with Gasteiger partial charge < -0.3 is 10.1 Å². The summed E-state index contributed by atoms with van der Waals surface area (Å²) < 4.78 is 5.88. The molecule has 0 saturated carbocycles. The molecule has 4 nitrogen and oxygen atoms in total. The summed E-state index contributed by atoms with van der Waals surface area (Å²) in [5.41, 5.74) is 1.74. The molecular formula is C20H22Cl2N2O2. The Balaban J connectivity index is 1.41. The summed E-state index contributed by atoms with van der Waals surface area (Å²) in [5, 5.41) is 3.77. The Morgan fingerprint density at radius 1 is 1.15 bits per heavy atom. The Kier molecular flexibility index (Phi) is 6.92. The maximum atomic E-state index is 12.1. The minimum Gasteiger partial charge on any atom is -0.371 e. The number of ether oxygens (including phenoxy) is 1. The molecule has 0 unspecified atom stereocenters. The molecule has 1 saturated heterocycles. The van der Waals surface area contributed by atoms with Gasteiger partial charge in [-0.3, -0.25) is 9.69 Å². The van der Waals surface area contributed by atoms with Crippen LogP contribution in [0.15, 0.2) is 48.5 Å². The van der Waals surface area contributed by atoms with E-state index >= 15 is 0 Å². The average molecular weight is 393 g/mol. The molecule has 1 aliphatic heterocycles. The minimum absolute atomic E-state index is 0.121. The van der Waals surface area contributed by atoms with Gasteiger partial charge in [-0.25, -0.2) is 0 Å². The Morgan fingerprint density at radius 2 is 1.96 bits per heavy atom. The Labute approximate surface area is 164 Å². The lowest BCUT2D eigenvalue weighted by Gasteiger charge is -2.33. The van der Waals surface area contributed by atoms with E-state index in [-0.39, 0.29) is 12.0 Å². The largest absolute Gasteiger partial charge is 0.371 e. The predicted molar refractivity (Wildman–Crippen MR) is 105 cm³/mol. The lowest BCUT2D eigenvalue weighted by atomic mass is 10.1. The first-order valence-electron chi connectivity index (χ1n) is 8.75. The zero-order valence-electron chi connectivity index (χ0n) is 14.5. The molecule has 26 heavy (non-hydrogen) atoms. The number of carbonyl (C=O) groups is 1. The molecule has 1 amide bonds. The monoisotopic (exact) mass is 392 g/mol. The number of benzene rings is 2. The van der Waals surface area contributed by atoms with Crippen LogP contribution in [0.5, 0.6) is 0 Å². The molecule has 0 aliphatic carbocycles. The van der Waals surface area contributed by atoms with Gasteiger partial charge in [0.25, 0.3) is 5.91 Å². The van der Waals surface area contributed by atoms with Gasteiger partial charge in [-0.05, 0) is 30.2 Å². The first-order chi connectivity index (χ1) is 12.6. The quantitative estimate of drug-likeness (QED) is 0.749. The van der Waals surface area contributed by atoms with E-state index in [4.69, 9.17) is 27.9 Å². The normalized spacial score (nSPS) is 17.8. The maximum Gasteiger partial charge on any atom is 0.251 e. The van der Waals surface area contributed by atoms with Gasteiger partial charge in [-0.1, -0.05) is 53.5 Å². The summed E-state index contributed by atoms with van der Waals surface area (Å²) in [7, 11) is 0. The first kappa shape index (κ1) is 19.2. The number of amides is 1. The van der Waals surface area contributed by atoms with Crippen molar-refractivity contribution in [1.29, 1.82) is 0 Å². The zero-order chi connectivity index (χ0) is 18.4. The predicted octanol–water partition coefficient (Wildman–Crippen LogP) is 4.19. The van der Waals surface area contributed by atoms with Crippen molar-refractivity contribution in [2.24, 2.45) is 0 Å². The number of nitrogens with one attached hydrogen (secondary N) is 1. The maximum absolute atomic E-state index is 12.1. The molecule has 3 rings (SSSR count). The van der Waals surface area contributed by atoms with Gasteiger partial charge in [-0.15, -0.1) is 0 Å². The molecule has 2 aromatic rings. The van der Waals surface area contributed by atoms with Gasteiger partial charge >= 0.3 is 0 Å². The summed E-state index contributed by atoms with van der Waals surface area (Å²) in [6.45, 7) is 4.07. The Hall–Kier alpha value is -1.59. The van der Waals surface area contributed by atoms with Gasteiger partial charge in [0.2, 0.25) is 0 Å². The van der Waals surface area contributed by atoms with E-state index < -0.39 is 0 Å². The van der Waals surface area contributed by atoms with Crippen LogP contribution in [0.25, 0.3) is 0 Å². The second-order valence-electron chi connectivity index (χ2n) is 6.31. The first-order valence-corrected chi connectivity index (χ1v) is 9.51. The van der Waals surface area contributed by atoms with E-state index in [0.29, 0.717) is 22.2 Å². The fourth-order valence-corrected chi connectivity index (χ4v) is 3.32. The molecule has 6 heteroatoms. The van der Waals surface area contributed by atoms with Crippen LogP contribution in [-0.4, -0.2) is 43.6 Å². The molecule has 1 N–H and O–H groups in total. The van der Waals surface area contributed by atoms with Gasteiger partial charge in [-0.2, -0.15) is 0 Å². The zero-order valence-corrected chi connectivity index (χ0v) is 16.0. The van der Waals surface area contributed by atoms with Crippen molar-refractivity contribution >= 4 is 29.1 Å². The smallest absolute Gasteiger partial charge is 0.251 e. The van der Waals surface area contributed by atoms with E-state index in [1.54, 1.807) is 18.2 Å². The number of rotatable bonds is 6. The highest BCUT2D eigenvalue weighted by Gasteiger charge is 2.21. The van der Waals surface area contributed by atoms with Gasteiger partial charge in [0.15, 0.2) is 0 Å². The fraction of sp³-hybridized carbons (Fsp3) is 0.350. The van der Waals surface area contributed by atoms with Crippen LogP contribution in [-0.2, 0) is 4.74 Å². The molecule has 0 aromatic heterocycles. The van der Waals surface area contributed by atoms with Crippen LogP contribution in [0, 0.1) is 0 Å². The number of carbonyl (C=O) groups excluding carboxylic acids is 1. The number of morpholine rings is 1. The van der Waals surface area contributed by atoms with E-state index in [1.165, 1.54) is 5.56 Å². The second-order valence-corrected chi connectivity index (χ2v) is 7.12. The third kappa shape index (κ3) is 5.21. The van der Waals surface area contributed by atoms with Crippen LogP contribution in [0.1, 0.15) is 28.4 Å². The minimum atomic E-state index is -0.132. The van der Waals surface area contributed by atoms with E-state index in [2.05, 4.69) is 22.3 Å². The topological polar surface area (TPSA) is 41.6 Å². The van der Waals surface area contributed by atoms with Crippen LogP contribution < -0.4 is 5.32 Å². The van der Waals surface area contributed by atoms with E-state index in [9.17, 15) is 4.79 Å². The van der Waals surface area contributed by atoms with Crippen molar-refractivity contribution in [2.75, 3.05) is 32.8 Å². The highest BCUT2D eigenvalue weighted by atomic mass is 35.5. The molecule has 1 fully saturated rings. The van der Waals surface area contributed by atoms with Crippen molar-refractivity contribution in [3.05, 3.63) is 69.7 Å². The van der Waals surface area contributed by atoms with Crippen molar-refractivity contribution in [2.45, 2.75) is 12.5 Å². The summed E-state index contributed by atoms with van der Waals surface area (Å²) in [6, 6.07) is 15.2. The Morgan fingerprint density at radius 3 is 2.73 bits per heavy atom. The van der Waals surface area contributed by atoms with Crippen molar-refractivity contribution < 1.29 is 9.53 Å². The highest BCUT2D eigenvalue weighted by Crippen LogP contribution is 2.23. The number of hydrogen-bond acceptors (Lipinski definition) is 3. The number of halogens is 2. The third-order valence-corrected chi connectivity index (χ3v) is 5.18. The molecule has 2 aromatic carbocycles. The average Bonchev–Trinajstić information content (AvgIpc) is 2.68. The Bertz CT molecular complexity index is 740. The second kappa shape index (κ2) is 9.38. The van der Waals surface area contributed by atoms with Gasteiger partial charge in [0, 0.05) is 31.7 Å². The van der Waals surface area contributed by atoms with Gasteiger partial charge in [0.1, 0.15) is 0 Å². The molecule has 0 spiro atoms. The van der Waals surface area contributed by atoms with Crippen molar-refractivity contribution in [1.82, 2.24) is 10.2 Å². The molecule has 1 aliphatic rings. The van der Waals surface area contributed by atoms with E-state index in [1.807, 2.05) is 18.2 Å². The lowest BCUT2D eigenvalue weighted by Crippen LogP contribution is -2.39. The number of hydrogen-bond donors (Lipinski definition) is 1. The van der Waals surface area contributed by atoms with Crippen LogP contribution in [0.3, 0.4) is 0 Å².